The van der Waals surface area contributed by atoms with Crippen molar-refractivity contribution in [1.82, 2.24) is 15.5 Å². The molecule has 0 bridgehead atoms. The zero-order valence-electron chi connectivity index (χ0n) is 16.3. The zero-order chi connectivity index (χ0) is 18.9. The zero-order valence-corrected chi connectivity index (χ0v) is 16.3. The van der Waals surface area contributed by atoms with Crippen LogP contribution in [0, 0.1) is 11.8 Å². The molecule has 1 heterocycles. The minimum atomic E-state index is -0.641. The quantitative estimate of drug-likeness (QED) is 0.725. The Kier molecular flexibility index (Phi) is 5.42. The molecular weight excluding hydrogens is 342 g/mol. The monoisotopic (exact) mass is 375 g/mol. The molecule has 0 unspecified atom stereocenters. The Morgan fingerprint density at radius 1 is 1.04 bits per heavy atom. The van der Waals surface area contributed by atoms with Crippen molar-refractivity contribution in [2.75, 3.05) is 6.54 Å². The van der Waals surface area contributed by atoms with Gasteiger partial charge in [-0.3, -0.25) is 14.5 Å². The molecule has 6 heteroatoms. The summed E-state index contributed by atoms with van der Waals surface area (Å²) in [7, 11) is 0. The van der Waals surface area contributed by atoms with E-state index in [0.29, 0.717) is 25.4 Å². The van der Waals surface area contributed by atoms with Crippen LogP contribution in [0.15, 0.2) is 0 Å². The molecule has 2 N–H and O–H groups in total. The van der Waals surface area contributed by atoms with Gasteiger partial charge in [-0.15, -0.1) is 0 Å². The number of nitrogens with one attached hydrogen (secondary N) is 2. The fraction of sp³-hybridized carbons (Fsp3) is 0.857. The van der Waals surface area contributed by atoms with Gasteiger partial charge in [-0.1, -0.05) is 38.5 Å². The molecule has 0 aromatic heterocycles. The molecule has 27 heavy (non-hydrogen) atoms. The van der Waals surface area contributed by atoms with E-state index in [9.17, 15) is 14.4 Å². The standard InChI is InChI=1S/C21H33N3O3/c25-18(22-17-10-9-15-6-1-2-7-16(15)14-17)8-5-13-24-19(26)21(23-20(24)27)11-3-4-12-21/h15-17H,1-14H2,(H,22,25)(H,23,27)/t15-,16-,17-/m1/s1. The molecule has 3 atom stereocenters. The summed E-state index contributed by atoms with van der Waals surface area (Å²) in [6.07, 6.45) is 13.3. The number of hydrogen-bond donors (Lipinski definition) is 2. The summed E-state index contributed by atoms with van der Waals surface area (Å²) in [6, 6.07) is 0.0354. The Morgan fingerprint density at radius 2 is 1.78 bits per heavy atom. The van der Waals surface area contributed by atoms with Gasteiger partial charge in [-0.05, 0) is 50.4 Å². The molecule has 150 valence electrons. The predicted octanol–water partition coefficient (Wildman–Crippen LogP) is 3.11. The maximum atomic E-state index is 12.6. The number of rotatable bonds is 5. The van der Waals surface area contributed by atoms with E-state index in [1.54, 1.807) is 0 Å². The first-order valence-corrected chi connectivity index (χ1v) is 11.0. The average Bonchev–Trinajstić information content (AvgIpc) is 3.22. The highest BCUT2D eigenvalue weighted by Gasteiger charge is 2.52. The lowest BCUT2D eigenvalue weighted by atomic mass is 9.69. The molecule has 3 aliphatic carbocycles. The van der Waals surface area contributed by atoms with Crippen molar-refractivity contribution in [2.45, 2.75) is 95.1 Å². The molecule has 1 saturated heterocycles. The largest absolute Gasteiger partial charge is 0.353 e. The lowest BCUT2D eigenvalue weighted by Gasteiger charge is -2.39. The lowest BCUT2D eigenvalue weighted by molar-refractivity contribution is -0.131. The molecule has 0 aromatic carbocycles. The van der Waals surface area contributed by atoms with Crippen molar-refractivity contribution in [2.24, 2.45) is 11.8 Å². The number of hydrogen-bond acceptors (Lipinski definition) is 3. The molecule has 3 saturated carbocycles. The highest BCUT2D eigenvalue weighted by atomic mass is 16.2. The molecule has 1 spiro atoms. The second-order valence-electron chi connectivity index (χ2n) is 9.16. The number of amides is 4. The summed E-state index contributed by atoms with van der Waals surface area (Å²) in [6.45, 7) is 0.342. The first-order chi connectivity index (χ1) is 13.1. The van der Waals surface area contributed by atoms with Crippen LogP contribution in [-0.2, 0) is 9.59 Å². The van der Waals surface area contributed by atoms with Crippen molar-refractivity contribution < 1.29 is 14.4 Å². The summed E-state index contributed by atoms with van der Waals surface area (Å²) >= 11 is 0. The minimum absolute atomic E-state index is 0.0666. The van der Waals surface area contributed by atoms with Gasteiger partial charge in [0.05, 0.1) is 0 Å². The van der Waals surface area contributed by atoms with Crippen LogP contribution in [0.2, 0.25) is 0 Å². The Bertz CT molecular complexity index is 599. The van der Waals surface area contributed by atoms with Gasteiger partial charge in [-0.25, -0.2) is 4.79 Å². The maximum Gasteiger partial charge on any atom is 0.325 e. The number of nitrogens with zero attached hydrogens (tertiary/aromatic N) is 1. The van der Waals surface area contributed by atoms with E-state index in [4.69, 9.17) is 0 Å². The van der Waals surface area contributed by atoms with Crippen LogP contribution in [0.25, 0.3) is 0 Å². The second kappa shape index (κ2) is 7.80. The van der Waals surface area contributed by atoms with Gasteiger partial charge in [0.25, 0.3) is 5.91 Å². The van der Waals surface area contributed by atoms with E-state index in [0.717, 1.165) is 50.4 Å². The molecule has 6 nitrogen and oxygen atoms in total. The van der Waals surface area contributed by atoms with Crippen LogP contribution < -0.4 is 10.6 Å². The van der Waals surface area contributed by atoms with Crippen molar-refractivity contribution in [3.05, 3.63) is 0 Å². The van der Waals surface area contributed by atoms with E-state index in [2.05, 4.69) is 10.6 Å². The molecule has 4 rings (SSSR count). The first kappa shape index (κ1) is 18.8. The van der Waals surface area contributed by atoms with Crippen molar-refractivity contribution in [3.8, 4) is 0 Å². The third-order valence-electron chi connectivity index (χ3n) is 7.39. The topological polar surface area (TPSA) is 78.5 Å². The van der Waals surface area contributed by atoms with Gasteiger partial charge in [0.2, 0.25) is 5.91 Å². The lowest BCUT2D eigenvalue weighted by Crippen LogP contribution is -2.44. The SMILES string of the molecule is O=C(CCCN1C(=O)NC2(CCCC2)C1=O)N[C@@H]1CC[C@H]2CCCC[C@@H]2C1. The molecule has 0 aromatic rings. The summed E-state index contributed by atoms with van der Waals surface area (Å²) in [5.41, 5.74) is -0.641. The van der Waals surface area contributed by atoms with Crippen LogP contribution in [0.3, 0.4) is 0 Å². The van der Waals surface area contributed by atoms with Gasteiger partial charge in [0.1, 0.15) is 5.54 Å². The second-order valence-corrected chi connectivity index (χ2v) is 9.16. The normalized spacial score (nSPS) is 32.4. The summed E-state index contributed by atoms with van der Waals surface area (Å²) < 4.78 is 0. The summed E-state index contributed by atoms with van der Waals surface area (Å²) in [5, 5.41) is 6.10. The number of urea groups is 1. The Balaban J connectivity index is 1.20. The average molecular weight is 376 g/mol. The number of carbonyl (C=O) groups is 3. The summed E-state index contributed by atoms with van der Waals surface area (Å²) in [4.78, 5) is 38.4. The fourth-order valence-electron chi connectivity index (χ4n) is 5.90. The van der Waals surface area contributed by atoms with Crippen LogP contribution >= 0.6 is 0 Å². The molecule has 0 radical (unpaired) electrons. The minimum Gasteiger partial charge on any atom is -0.353 e. The number of carbonyl (C=O) groups excluding carboxylic acids is 3. The van der Waals surface area contributed by atoms with Crippen LogP contribution in [0.4, 0.5) is 4.79 Å². The Morgan fingerprint density at radius 3 is 2.56 bits per heavy atom. The number of imide groups is 1. The molecule has 1 aliphatic heterocycles. The van der Waals surface area contributed by atoms with Crippen LogP contribution in [-0.4, -0.2) is 40.9 Å². The third-order valence-corrected chi connectivity index (χ3v) is 7.39. The highest BCUT2D eigenvalue weighted by Crippen LogP contribution is 2.40. The van der Waals surface area contributed by atoms with E-state index in [1.165, 1.54) is 37.0 Å². The fourth-order valence-corrected chi connectivity index (χ4v) is 5.90. The van der Waals surface area contributed by atoms with E-state index in [1.807, 2.05) is 0 Å². The molecular formula is C21H33N3O3. The first-order valence-electron chi connectivity index (χ1n) is 11.0. The van der Waals surface area contributed by atoms with Crippen molar-refractivity contribution >= 4 is 17.8 Å². The van der Waals surface area contributed by atoms with Crippen molar-refractivity contribution in [3.63, 3.8) is 0 Å². The van der Waals surface area contributed by atoms with Crippen LogP contribution in [0.1, 0.15) is 83.5 Å². The van der Waals surface area contributed by atoms with E-state index in [-0.39, 0.29) is 17.8 Å². The maximum absolute atomic E-state index is 12.6. The predicted molar refractivity (Wildman–Crippen MR) is 102 cm³/mol. The van der Waals surface area contributed by atoms with Gasteiger partial charge >= 0.3 is 6.03 Å². The van der Waals surface area contributed by atoms with Gasteiger partial charge in [-0.2, -0.15) is 0 Å². The number of fused-ring (bicyclic) bond motifs is 1. The van der Waals surface area contributed by atoms with E-state index >= 15 is 0 Å². The van der Waals surface area contributed by atoms with Crippen LogP contribution in [0.5, 0.6) is 0 Å². The molecule has 4 fully saturated rings. The van der Waals surface area contributed by atoms with Gasteiger partial charge in [0, 0.05) is 19.0 Å². The molecule has 4 amide bonds. The Hall–Kier alpha value is -1.59. The summed E-state index contributed by atoms with van der Waals surface area (Å²) in [5.74, 6) is 1.67. The smallest absolute Gasteiger partial charge is 0.325 e. The highest BCUT2D eigenvalue weighted by molar-refractivity contribution is 6.07. The van der Waals surface area contributed by atoms with Gasteiger partial charge in [0.15, 0.2) is 0 Å². The van der Waals surface area contributed by atoms with E-state index < -0.39 is 5.54 Å². The van der Waals surface area contributed by atoms with Crippen molar-refractivity contribution in [1.29, 1.82) is 0 Å². The van der Waals surface area contributed by atoms with Gasteiger partial charge < -0.3 is 10.6 Å². The third kappa shape index (κ3) is 3.85. The Labute approximate surface area is 161 Å². The molecule has 4 aliphatic rings.